The summed E-state index contributed by atoms with van der Waals surface area (Å²) in [5.41, 5.74) is 2.53. The van der Waals surface area contributed by atoms with E-state index in [9.17, 15) is 10.2 Å². The topological polar surface area (TPSA) is 67.5 Å². The number of benzene rings is 2. The number of halogens is 2. The van der Waals surface area contributed by atoms with Crippen LogP contribution in [0.15, 0.2) is 54.6 Å². The quantitative estimate of drug-likeness (QED) is 0.551. The molecule has 28 heavy (non-hydrogen) atoms. The average Bonchev–Trinajstić information content (AvgIpc) is 3.05. The lowest BCUT2D eigenvalue weighted by Gasteiger charge is -2.26. The highest BCUT2D eigenvalue weighted by molar-refractivity contribution is 6.30. The summed E-state index contributed by atoms with van der Waals surface area (Å²) in [6.07, 6.45) is -1.58. The van der Waals surface area contributed by atoms with Crippen LogP contribution in [0.5, 0.6) is 0 Å². The molecule has 0 bridgehead atoms. The molecule has 0 unspecified atom stereocenters. The van der Waals surface area contributed by atoms with Crippen LogP contribution < -0.4 is 0 Å². The minimum Gasteiger partial charge on any atom is -0.366 e. The Morgan fingerprint density at radius 3 is 2.14 bits per heavy atom. The standard InChI is InChI=1S/C21H22Cl2N2O3/c1-21(2,20(26)27)28-13-18-11-19(15-5-9-17(23)10-6-15)25(24-18)12-14-3-7-16(22)8-4-14/h3-11,20,26-27H,12-13H2,1-2H3. The second-order valence-corrected chi connectivity index (χ2v) is 7.95. The van der Waals surface area contributed by atoms with E-state index < -0.39 is 11.9 Å². The number of rotatable bonds is 7. The molecule has 148 valence electrons. The van der Waals surface area contributed by atoms with Crippen molar-refractivity contribution in [2.24, 2.45) is 0 Å². The van der Waals surface area contributed by atoms with Gasteiger partial charge < -0.3 is 14.9 Å². The molecule has 0 saturated carbocycles. The Morgan fingerprint density at radius 2 is 1.57 bits per heavy atom. The highest BCUT2D eigenvalue weighted by Crippen LogP contribution is 2.25. The van der Waals surface area contributed by atoms with Crippen LogP contribution in [0.2, 0.25) is 10.0 Å². The van der Waals surface area contributed by atoms with E-state index in [1.54, 1.807) is 13.8 Å². The van der Waals surface area contributed by atoms with Gasteiger partial charge in [-0.2, -0.15) is 5.10 Å². The van der Waals surface area contributed by atoms with Crippen LogP contribution in [-0.2, 0) is 17.9 Å². The van der Waals surface area contributed by atoms with Crippen molar-refractivity contribution in [2.45, 2.75) is 38.9 Å². The maximum atomic E-state index is 9.42. The van der Waals surface area contributed by atoms with E-state index in [1.165, 1.54) is 0 Å². The third-order valence-electron chi connectivity index (χ3n) is 4.43. The Bertz CT molecular complexity index is 920. The molecule has 5 nitrogen and oxygen atoms in total. The molecule has 1 heterocycles. The summed E-state index contributed by atoms with van der Waals surface area (Å²) in [7, 11) is 0. The minimum absolute atomic E-state index is 0.152. The molecule has 0 saturated heterocycles. The Hall–Kier alpha value is -1.89. The Kier molecular flexibility index (Phi) is 6.43. The van der Waals surface area contributed by atoms with Crippen molar-refractivity contribution < 1.29 is 14.9 Å². The monoisotopic (exact) mass is 420 g/mol. The molecule has 0 aliphatic heterocycles. The number of aliphatic hydroxyl groups is 2. The normalized spacial score (nSPS) is 12.0. The Labute approximate surface area is 174 Å². The van der Waals surface area contributed by atoms with Crippen molar-refractivity contribution in [1.29, 1.82) is 0 Å². The second-order valence-electron chi connectivity index (χ2n) is 7.08. The molecule has 0 atom stereocenters. The van der Waals surface area contributed by atoms with Gasteiger partial charge in [0.1, 0.15) is 5.60 Å². The largest absolute Gasteiger partial charge is 0.366 e. The summed E-state index contributed by atoms with van der Waals surface area (Å²) in [5.74, 6) is 0. The van der Waals surface area contributed by atoms with Gasteiger partial charge in [-0.1, -0.05) is 47.5 Å². The van der Waals surface area contributed by atoms with Gasteiger partial charge in [-0.05, 0) is 55.3 Å². The van der Waals surface area contributed by atoms with Crippen molar-refractivity contribution in [1.82, 2.24) is 9.78 Å². The molecule has 0 spiro atoms. The molecule has 0 aliphatic carbocycles. The first kappa shape index (κ1) is 20.8. The fourth-order valence-electron chi connectivity index (χ4n) is 2.61. The maximum Gasteiger partial charge on any atom is 0.180 e. The summed E-state index contributed by atoms with van der Waals surface area (Å²) < 4.78 is 7.53. The lowest BCUT2D eigenvalue weighted by Crippen LogP contribution is -2.38. The van der Waals surface area contributed by atoms with Crippen LogP contribution in [0.4, 0.5) is 0 Å². The fraction of sp³-hybridized carbons (Fsp3) is 0.286. The van der Waals surface area contributed by atoms with E-state index >= 15 is 0 Å². The van der Waals surface area contributed by atoms with Gasteiger partial charge >= 0.3 is 0 Å². The molecule has 0 fully saturated rings. The van der Waals surface area contributed by atoms with E-state index in [1.807, 2.05) is 59.3 Å². The molecule has 1 aromatic heterocycles. The lowest BCUT2D eigenvalue weighted by molar-refractivity contribution is -0.197. The van der Waals surface area contributed by atoms with Gasteiger partial charge in [-0.15, -0.1) is 0 Å². The summed E-state index contributed by atoms with van der Waals surface area (Å²) >= 11 is 12.0. The van der Waals surface area contributed by atoms with Crippen molar-refractivity contribution in [2.75, 3.05) is 0 Å². The minimum atomic E-state index is -1.58. The van der Waals surface area contributed by atoms with E-state index in [-0.39, 0.29) is 6.61 Å². The molecule has 3 rings (SSSR count). The van der Waals surface area contributed by atoms with Gasteiger partial charge in [0, 0.05) is 10.0 Å². The van der Waals surface area contributed by atoms with E-state index in [4.69, 9.17) is 27.9 Å². The number of aromatic nitrogens is 2. The lowest BCUT2D eigenvalue weighted by atomic mass is 10.1. The zero-order chi connectivity index (χ0) is 20.3. The van der Waals surface area contributed by atoms with Crippen molar-refractivity contribution in [3.63, 3.8) is 0 Å². The molecule has 0 radical (unpaired) electrons. The van der Waals surface area contributed by atoms with Gasteiger partial charge in [0.05, 0.1) is 24.5 Å². The molecule has 0 aliphatic rings. The van der Waals surface area contributed by atoms with Gasteiger partial charge in [0.2, 0.25) is 0 Å². The second kappa shape index (κ2) is 8.64. The SMILES string of the molecule is CC(C)(OCc1cc(-c2ccc(Cl)cc2)n(Cc2ccc(Cl)cc2)n1)C(O)O. The average molecular weight is 421 g/mol. The summed E-state index contributed by atoms with van der Waals surface area (Å²) in [6, 6.07) is 17.1. The van der Waals surface area contributed by atoms with Crippen LogP contribution in [0.3, 0.4) is 0 Å². The summed E-state index contributed by atoms with van der Waals surface area (Å²) in [4.78, 5) is 0. The predicted octanol–water partition coefficient (Wildman–Crippen LogP) is 4.51. The van der Waals surface area contributed by atoms with Gasteiger partial charge in [0.15, 0.2) is 6.29 Å². The zero-order valence-electron chi connectivity index (χ0n) is 15.6. The highest BCUT2D eigenvalue weighted by atomic mass is 35.5. The Morgan fingerprint density at radius 1 is 1.00 bits per heavy atom. The van der Waals surface area contributed by atoms with Gasteiger partial charge in [-0.25, -0.2) is 0 Å². The maximum absolute atomic E-state index is 9.42. The number of hydrogen-bond acceptors (Lipinski definition) is 4. The fourth-order valence-corrected chi connectivity index (χ4v) is 2.86. The van der Waals surface area contributed by atoms with E-state index in [2.05, 4.69) is 5.10 Å². The predicted molar refractivity (Wildman–Crippen MR) is 110 cm³/mol. The first-order valence-electron chi connectivity index (χ1n) is 8.82. The van der Waals surface area contributed by atoms with Crippen LogP contribution >= 0.6 is 23.2 Å². The van der Waals surface area contributed by atoms with Crippen LogP contribution in [0, 0.1) is 0 Å². The molecule has 2 N–H and O–H groups in total. The van der Waals surface area contributed by atoms with Crippen LogP contribution in [0.25, 0.3) is 11.3 Å². The molecule has 2 aromatic carbocycles. The zero-order valence-corrected chi connectivity index (χ0v) is 17.2. The van der Waals surface area contributed by atoms with E-state index in [0.717, 1.165) is 16.8 Å². The van der Waals surface area contributed by atoms with Crippen molar-refractivity contribution >= 4 is 23.2 Å². The molecule has 7 heteroatoms. The van der Waals surface area contributed by atoms with Crippen molar-refractivity contribution in [3.8, 4) is 11.3 Å². The molecule has 3 aromatic rings. The highest BCUT2D eigenvalue weighted by Gasteiger charge is 2.27. The Balaban J connectivity index is 1.90. The summed E-state index contributed by atoms with van der Waals surface area (Å²) in [5, 5.41) is 24.8. The summed E-state index contributed by atoms with van der Waals surface area (Å²) in [6.45, 7) is 3.94. The number of ether oxygens (including phenoxy) is 1. The van der Waals surface area contributed by atoms with Gasteiger partial charge in [-0.3, -0.25) is 4.68 Å². The number of nitrogens with zero attached hydrogens (tertiary/aromatic N) is 2. The molecular weight excluding hydrogens is 399 g/mol. The third kappa shape index (κ3) is 5.13. The van der Waals surface area contributed by atoms with Gasteiger partial charge in [0.25, 0.3) is 0 Å². The number of aliphatic hydroxyl groups excluding tert-OH is 1. The van der Waals surface area contributed by atoms with Crippen LogP contribution in [0.1, 0.15) is 25.1 Å². The van der Waals surface area contributed by atoms with Crippen molar-refractivity contribution in [3.05, 3.63) is 75.9 Å². The first-order valence-corrected chi connectivity index (χ1v) is 9.57. The first-order chi connectivity index (χ1) is 13.2. The van der Waals surface area contributed by atoms with E-state index in [0.29, 0.717) is 22.3 Å². The molecule has 0 amide bonds. The third-order valence-corrected chi connectivity index (χ3v) is 4.93. The number of hydrogen-bond donors (Lipinski definition) is 2. The smallest absolute Gasteiger partial charge is 0.180 e. The molecular formula is C21H22Cl2N2O3. The van der Waals surface area contributed by atoms with Crippen LogP contribution in [-0.4, -0.2) is 31.9 Å².